The molecular weight excluding hydrogens is 370 g/mol. The van der Waals surface area contributed by atoms with E-state index in [1.165, 1.54) is 6.07 Å². The highest BCUT2D eigenvalue weighted by Crippen LogP contribution is 2.22. The Bertz CT molecular complexity index is 1130. The van der Waals surface area contributed by atoms with Crippen LogP contribution in [0.4, 0.5) is 0 Å². The van der Waals surface area contributed by atoms with Gasteiger partial charge in [-0.3, -0.25) is 23.5 Å². The zero-order valence-electron chi connectivity index (χ0n) is 14.3. The molecule has 0 spiro atoms. The molecule has 2 aromatic heterocycles. The number of aryl methyl sites for hydroxylation is 1. The van der Waals surface area contributed by atoms with Gasteiger partial charge >= 0.3 is 11.7 Å². The molecule has 0 atom stereocenters. The normalized spacial score (nSPS) is 11.0. The Kier molecular flexibility index (Phi) is 5.22. The quantitative estimate of drug-likeness (QED) is 0.614. The molecule has 140 valence electrons. The summed E-state index contributed by atoms with van der Waals surface area (Å²) in [7, 11) is 0. The monoisotopic (exact) mass is 387 g/mol. The van der Waals surface area contributed by atoms with Gasteiger partial charge in [0.2, 0.25) is 5.91 Å². The third kappa shape index (κ3) is 3.98. The van der Waals surface area contributed by atoms with Crippen molar-refractivity contribution in [1.29, 1.82) is 0 Å². The molecule has 9 heteroatoms. The second-order valence-electron chi connectivity index (χ2n) is 6.03. The van der Waals surface area contributed by atoms with E-state index in [0.717, 1.165) is 26.0 Å². The van der Waals surface area contributed by atoms with E-state index >= 15 is 0 Å². The SMILES string of the molecule is NC(=O)Cc1cc2c(=O)n(CCc3ccccc3)c(=O)n(CC(=O)O)c2s1. The number of amides is 1. The number of carboxylic acid groups (broad SMARTS) is 1. The van der Waals surface area contributed by atoms with E-state index in [4.69, 9.17) is 10.8 Å². The van der Waals surface area contributed by atoms with Crippen LogP contribution in [0.5, 0.6) is 0 Å². The molecule has 3 aromatic rings. The molecule has 0 aliphatic rings. The van der Waals surface area contributed by atoms with Crippen molar-refractivity contribution >= 4 is 33.4 Å². The van der Waals surface area contributed by atoms with E-state index in [1.54, 1.807) is 0 Å². The van der Waals surface area contributed by atoms with Crippen molar-refractivity contribution in [3.8, 4) is 0 Å². The van der Waals surface area contributed by atoms with Crippen LogP contribution in [0.15, 0.2) is 46.0 Å². The molecule has 8 nitrogen and oxygen atoms in total. The van der Waals surface area contributed by atoms with E-state index in [1.807, 2.05) is 30.3 Å². The van der Waals surface area contributed by atoms with Crippen LogP contribution < -0.4 is 17.0 Å². The zero-order chi connectivity index (χ0) is 19.6. The fourth-order valence-corrected chi connectivity index (χ4v) is 4.01. The Hall–Kier alpha value is -3.20. The number of carbonyl (C=O) groups is 2. The minimum absolute atomic E-state index is 0.0793. The van der Waals surface area contributed by atoms with Gasteiger partial charge in [-0.15, -0.1) is 11.3 Å². The number of carbonyl (C=O) groups excluding carboxylic acids is 1. The first-order chi connectivity index (χ1) is 12.9. The first-order valence-corrected chi connectivity index (χ1v) is 8.98. The third-order valence-electron chi connectivity index (χ3n) is 4.05. The summed E-state index contributed by atoms with van der Waals surface area (Å²) in [5.41, 5.74) is 4.97. The van der Waals surface area contributed by atoms with Gasteiger partial charge in [-0.1, -0.05) is 30.3 Å². The van der Waals surface area contributed by atoms with Crippen LogP contribution in [0.25, 0.3) is 10.2 Å². The Balaban J connectivity index is 2.12. The van der Waals surface area contributed by atoms with Gasteiger partial charge in [-0.2, -0.15) is 0 Å². The summed E-state index contributed by atoms with van der Waals surface area (Å²) in [6, 6.07) is 10.9. The average molecular weight is 387 g/mol. The summed E-state index contributed by atoms with van der Waals surface area (Å²) >= 11 is 1.03. The first kappa shape index (κ1) is 18.6. The Labute approximate surface area is 157 Å². The Morgan fingerprint density at radius 2 is 1.81 bits per heavy atom. The van der Waals surface area contributed by atoms with Crippen molar-refractivity contribution in [2.24, 2.45) is 5.73 Å². The fraction of sp³-hybridized carbons (Fsp3) is 0.222. The highest BCUT2D eigenvalue weighted by atomic mass is 32.1. The van der Waals surface area contributed by atoms with Crippen molar-refractivity contribution in [1.82, 2.24) is 9.13 Å². The summed E-state index contributed by atoms with van der Waals surface area (Å²) in [6.07, 6.45) is 0.372. The van der Waals surface area contributed by atoms with Gasteiger partial charge < -0.3 is 10.8 Å². The summed E-state index contributed by atoms with van der Waals surface area (Å²) in [5, 5.41) is 9.37. The van der Waals surface area contributed by atoms with Gasteiger partial charge in [0, 0.05) is 11.4 Å². The van der Waals surface area contributed by atoms with Crippen LogP contribution in [0.3, 0.4) is 0 Å². The smallest absolute Gasteiger partial charge is 0.332 e. The zero-order valence-corrected chi connectivity index (χ0v) is 15.1. The summed E-state index contributed by atoms with van der Waals surface area (Å²) < 4.78 is 2.10. The number of aromatic nitrogens is 2. The molecule has 0 aliphatic carbocycles. The predicted molar refractivity (Wildman–Crippen MR) is 101 cm³/mol. The lowest BCUT2D eigenvalue weighted by atomic mass is 10.1. The van der Waals surface area contributed by atoms with Gasteiger partial charge in [0.15, 0.2) is 0 Å². The number of fused-ring (bicyclic) bond motifs is 1. The van der Waals surface area contributed by atoms with Gasteiger partial charge in [-0.05, 0) is 18.1 Å². The number of nitrogens with zero attached hydrogens (tertiary/aromatic N) is 2. The molecule has 0 radical (unpaired) electrons. The van der Waals surface area contributed by atoms with E-state index in [-0.39, 0.29) is 23.2 Å². The number of hydrogen-bond acceptors (Lipinski definition) is 5. The highest BCUT2D eigenvalue weighted by molar-refractivity contribution is 7.18. The van der Waals surface area contributed by atoms with Crippen LogP contribution in [0.2, 0.25) is 0 Å². The molecule has 1 aromatic carbocycles. The lowest BCUT2D eigenvalue weighted by Gasteiger charge is -2.10. The van der Waals surface area contributed by atoms with Gasteiger partial charge in [0.25, 0.3) is 5.56 Å². The molecule has 1 amide bonds. The Morgan fingerprint density at radius 3 is 2.44 bits per heavy atom. The second-order valence-corrected chi connectivity index (χ2v) is 7.14. The number of rotatable bonds is 7. The predicted octanol–water partition coefficient (Wildman–Crippen LogP) is 0.580. The fourth-order valence-electron chi connectivity index (χ4n) is 2.87. The molecule has 0 fully saturated rings. The number of hydrogen-bond donors (Lipinski definition) is 2. The van der Waals surface area contributed by atoms with E-state index in [0.29, 0.717) is 11.3 Å². The number of primary amides is 1. The van der Waals surface area contributed by atoms with Crippen molar-refractivity contribution in [3.05, 3.63) is 67.7 Å². The highest BCUT2D eigenvalue weighted by Gasteiger charge is 2.18. The summed E-state index contributed by atoms with van der Waals surface area (Å²) in [6.45, 7) is -0.449. The lowest BCUT2D eigenvalue weighted by Crippen LogP contribution is -2.41. The standard InChI is InChI=1S/C18H17N3O5S/c19-14(22)9-12-8-13-16(25)20(7-6-11-4-2-1-3-5-11)18(26)21(10-15(23)24)17(13)27-12/h1-5,8H,6-7,9-10H2,(H2,19,22)(H,23,24). The Morgan fingerprint density at radius 1 is 1.11 bits per heavy atom. The van der Waals surface area contributed by atoms with Crippen LogP contribution in [-0.4, -0.2) is 26.1 Å². The number of thiophene rings is 1. The molecule has 3 rings (SSSR count). The second kappa shape index (κ2) is 7.58. The average Bonchev–Trinajstić information content (AvgIpc) is 3.02. The maximum absolute atomic E-state index is 12.8. The number of nitrogens with two attached hydrogens (primary N) is 1. The third-order valence-corrected chi connectivity index (χ3v) is 5.21. The number of carboxylic acids is 1. The van der Waals surface area contributed by atoms with Crippen molar-refractivity contribution < 1.29 is 14.7 Å². The summed E-state index contributed by atoms with van der Waals surface area (Å²) in [5.74, 6) is -1.77. The molecule has 27 heavy (non-hydrogen) atoms. The van der Waals surface area contributed by atoms with Crippen LogP contribution in [-0.2, 0) is 35.5 Å². The van der Waals surface area contributed by atoms with E-state index in [9.17, 15) is 19.2 Å². The first-order valence-electron chi connectivity index (χ1n) is 8.17. The molecule has 0 bridgehead atoms. The summed E-state index contributed by atoms with van der Waals surface area (Å²) in [4.78, 5) is 48.7. The van der Waals surface area contributed by atoms with Gasteiger partial charge in [0.1, 0.15) is 11.4 Å². The van der Waals surface area contributed by atoms with E-state index in [2.05, 4.69) is 0 Å². The topological polar surface area (TPSA) is 124 Å². The molecule has 0 aliphatic heterocycles. The molecule has 3 N–H and O–H groups in total. The lowest BCUT2D eigenvalue weighted by molar-refractivity contribution is -0.137. The minimum atomic E-state index is -1.20. The largest absolute Gasteiger partial charge is 0.480 e. The van der Waals surface area contributed by atoms with Crippen LogP contribution >= 0.6 is 11.3 Å². The van der Waals surface area contributed by atoms with Crippen LogP contribution in [0, 0.1) is 0 Å². The van der Waals surface area contributed by atoms with E-state index < -0.39 is 29.7 Å². The van der Waals surface area contributed by atoms with Crippen molar-refractivity contribution in [3.63, 3.8) is 0 Å². The number of aliphatic carboxylic acids is 1. The van der Waals surface area contributed by atoms with Crippen molar-refractivity contribution in [2.75, 3.05) is 0 Å². The molecule has 2 heterocycles. The minimum Gasteiger partial charge on any atom is -0.480 e. The molecule has 0 saturated carbocycles. The maximum atomic E-state index is 12.8. The van der Waals surface area contributed by atoms with Crippen LogP contribution in [0.1, 0.15) is 10.4 Å². The molecule has 0 unspecified atom stereocenters. The van der Waals surface area contributed by atoms with Gasteiger partial charge in [-0.25, -0.2) is 4.79 Å². The number of benzene rings is 1. The van der Waals surface area contributed by atoms with Gasteiger partial charge in [0.05, 0.1) is 11.8 Å². The molecular formula is C18H17N3O5S. The van der Waals surface area contributed by atoms with Crippen molar-refractivity contribution in [2.45, 2.75) is 25.9 Å². The maximum Gasteiger partial charge on any atom is 0.332 e. The molecule has 0 saturated heterocycles.